The molecule has 5 heteroatoms. The third kappa shape index (κ3) is 4.36. The van der Waals surface area contributed by atoms with Crippen LogP contribution < -0.4 is 10.6 Å². The molecule has 0 unspecified atom stereocenters. The topological polar surface area (TPSA) is 53.6 Å². The monoisotopic (exact) mass is 371 g/mol. The van der Waals surface area contributed by atoms with E-state index in [9.17, 15) is 4.79 Å². The standard InChI is InChI=1S/C22H33N3O2/c26-21(19-7-5-18(6-8-19)20-4-3-11-23-16-20)24-17-22(9-1-2-10-22)25-12-14-27-15-13-25/h5-8,20,23H,1-4,9-17H2,(H,24,26)/t20-/m0/s1. The highest BCUT2D eigenvalue weighted by atomic mass is 16.5. The van der Waals surface area contributed by atoms with Gasteiger partial charge < -0.3 is 15.4 Å². The second-order valence-electron chi connectivity index (χ2n) is 8.38. The van der Waals surface area contributed by atoms with Crippen molar-refractivity contribution in [3.8, 4) is 0 Å². The molecule has 2 saturated heterocycles. The number of piperidine rings is 1. The molecule has 2 heterocycles. The molecule has 1 aromatic carbocycles. The highest BCUT2D eigenvalue weighted by Crippen LogP contribution is 2.35. The molecular weight excluding hydrogens is 338 g/mol. The summed E-state index contributed by atoms with van der Waals surface area (Å²) < 4.78 is 5.53. The minimum Gasteiger partial charge on any atom is -0.379 e. The van der Waals surface area contributed by atoms with Gasteiger partial charge in [0.15, 0.2) is 0 Å². The third-order valence-corrected chi connectivity index (χ3v) is 6.74. The lowest BCUT2D eigenvalue weighted by atomic mass is 9.91. The molecule has 1 aliphatic carbocycles. The van der Waals surface area contributed by atoms with Crippen LogP contribution in [-0.2, 0) is 4.74 Å². The zero-order chi connectivity index (χ0) is 18.5. The van der Waals surface area contributed by atoms with Crippen LogP contribution in [0.25, 0.3) is 0 Å². The molecule has 148 valence electrons. The van der Waals surface area contributed by atoms with E-state index >= 15 is 0 Å². The fourth-order valence-electron chi connectivity index (χ4n) is 5.07. The summed E-state index contributed by atoms with van der Waals surface area (Å²) >= 11 is 0. The van der Waals surface area contributed by atoms with Crippen molar-refractivity contribution in [2.75, 3.05) is 45.9 Å². The van der Waals surface area contributed by atoms with Crippen molar-refractivity contribution < 1.29 is 9.53 Å². The van der Waals surface area contributed by atoms with Crippen molar-refractivity contribution >= 4 is 5.91 Å². The lowest BCUT2D eigenvalue weighted by Gasteiger charge is -2.43. The zero-order valence-corrected chi connectivity index (χ0v) is 16.3. The van der Waals surface area contributed by atoms with Gasteiger partial charge in [0.1, 0.15) is 0 Å². The van der Waals surface area contributed by atoms with E-state index in [2.05, 4.69) is 27.7 Å². The summed E-state index contributed by atoms with van der Waals surface area (Å²) in [6.07, 6.45) is 7.35. The largest absolute Gasteiger partial charge is 0.379 e. The first-order chi connectivity index (χ1) is 13.3. The summed E-state index contributed by atoms with van der Waals surface area (Å²) in [4.78, 5) is 15.3. The Bertz CT molecular complexity index is 613. The predicted octanol–water partition coefficient (Wildman–Crippen LogP) is 2.53. The number of amides is 1. The van der Waals surface area contributed by atoms with Crippen LogP contribution in [0.5, 0.6) is 0 Å². The van der Waals surface area contributed by atoms with E-state index in [0.29, 0.717) is 5.92 Å². The second kappa shape index (κ2) is 8.72. The van der Waals surface area contributed by atoms with Crippen LogP contribution >= 0.6 is 0 Å². The van der Waals surface area contributed by atoms with Gasteiger partial charge in [-0.3, -0.25) is 9.69 Å². The summed E-state index contributed by atoms with van der Waals surface area (Å²) in [7, 11) is 0. The van der Waals surface area contributed by atoms with Gasteiger partial charge in [-0.15, -0.1) is 0 Å². The predicted molar refractivity (Wildman–Crippen MR) is 107 cm³/mol. The minimum atomic E-state index is 0.0582. The van der Waals surface area contributed by atoms with E-state index in [1.165, 1.54) is 44.1 Å². The Morgan fingerprint density at radius 2 is 1.89 bits per heavy atom. The Labute approximate surface area is 162 Å². The van der Waals surface area contributed by atoms with Crippen LogP contribution in [-0.4, -0.2) is 62.3 Å². The number of benzene rings is 1. The van der Waals surface area contributed by atoms with Crippen molar-refractivity contribution in [3.63, 3.8) is 0 Å². The summed E-state index contributed by atoms with van der Waals surface area (Å²) in [6, 6.07) is 8.27. The van der Waals surface area contributed by atoms with Crippen molar-refractivity contribution in [2.45, 2.75) is 50.0 Å². The molecule has 3 aliphatic rings. The van der Waals surface area contributed by atoms with Crippen LogP contribution in [0.1, 0.15) is 60.4 Å². The molecule has 1 aromatic rings. The second-order valence-corrected chi connectivity index (χ2v) is 8.38. The molecule has 0 bridgehead atoms. The molecule has 0 radical (unpaired) electrons. The van der Waals surface area contributed by atoms with Crippen molar-refractivity contribution in [2.24, 2.45) is 0 Å². The molecule has 2 N–H and O–H groups in total. The molecule has 1 saturated carbocycles. The molecule has 3 fully saturated rings. The Morgan fingerprint density at radius 3 is 2.56 bits per heavy atom. The smallest absolute Gasteiger partial charge is 0.251 e. The normalized spacial score (nSPS) is 26.0. The van der Waals surface area contributed by atoms with Crippen molar-refractivity contribution in [1.82, 2.24) is 15.5 Å². The molecule has 1 atom stereocenters. The van der Waals surface area contributed by atoms with Crippen LogP contribution in [0, 0.1) is 0 Å². The Kier molecular flexibility index (Phi) is 6.11. The molecule has 5 nitrogen and oxygen atoms in total. The highest BCUT2D eigenvalue weighted by Gasteiger charge is 2.40. The van der Waals surface area contributed by atoms with Gasteiger partial charge in [0.05, 0.1) is 13.2 Å². The Balaban J connectivity index is 1.36. The first-order valence-corrected chi connectivity index (χ1v) is 10.7. The van der Waals surface area contributed by atoms with E-state index in [4.69, 9.17) is 4.74 Å². The summed E-state index contributed by atoms with van der Waals surface area (Å²) in [5, 5.41) is 6.71. The van der Waals surface area contributed by atoms with Gasteiger partial charge in [-0.25, -0.2) is 0 Å². The number of morpholine rings is 1. The van der Waals surface area contributed by atoms with Crippen LogP contribution in [0.2, 0.25) is 0 Å². The summed E-state index contributed by atoms with van der Waals surface area (Å²) in [5.41, 5.74) is 2.25. The highest BCUT2D eigenvalue weighted by molar-refractivity contribution is 5.94. The number of hydrogen-bond donors (Lipinski definition) is 2. The molecule has 0 aromatic heterocycles. The molecule has 0 spiro atoms. The summed E-state index contributed by atoms with van der Waals surface area (Å²) in [5.74, 6) is 0.641. The minimum absolute atomic E-state index is 0.0582. The quantitative estimate of drug-likeness (QED) is 0.835. The van der Waals surface area contributed by atoms with E-state index in [1.54, 1.807) is 0 Å². The van der Waals surface area contributed by atoms with Gasteiger partial charge in [0.2, 0.25) is 0 Å². The third-order valence-electron chi connectivity index (χ3n) is 6.74. The average Bonchev–Trinajstić information content (AvgIpc) is 3.24. The maximum absolute atomic E-state index is 12.7. The van der Waals surface area contributed by atoms with Crippen LogP contribution in [0.15, 0.2) is 24.3 Å². The van der Waals surface area contributed by atoms with E-state index < -0.39 is 0 Å². The Hall–Kier alpha value is -1.43. The summed E-state index contributed by atoms with van der Waals surface area (Å²) in [6.45, 7) is 6.52. The fourth-order valence-corrected chi connectivity index (χ4v) is 5.07. The van der Waals surface area contributed by atoms with Crippen LogP contribution in [0.3, 0.4) is 0 Å². The lowest BCUT2D eigenvalue weighted by molar-refractivity contribution is -0.0199. The number of carbonyl (C=O) groups excluding carboxylic acids is 1. The molecule has 2 aliphatic heterocycles. The maximum atomic E-state index is 12.7. The number of hydrogen-bond acceptors (Lipinski definition) is 4. The van der Waals surface area contributed by atoms with Gasteiger partial charge in [0, 0.05) is 37.3 Å². The first kappa shape index (κ1) is 18.9. The van der Waals surface area contributed by atoms with E-state index in [-0.39, 0.29) is 11.4 Å². The van der Waals surface area contributed by atoms with Gasteiger partial charge in [-0.1, -0.05) is 25.0 Å². The van der Waals surface area contributed by atoms with E-state index in [0.717, 1.165) is 51.5 Å². The van der Waals surface area contributed by atoms with Gasteiger partial charge in [-0.2, -0.15) is 0 Å². The zero-order valence-electron chi connectivity index (χ0n) is 16.3. The molecule has 4 rings (SSSR count). The molecule has 27 heavy (non-hydrogen) atoms. The molecule has 1 amide bonds. The lowest BCUT2D eigenvalue weighted by Crippen LogP contribution is -2.57. The number of carbonyl (C=O) groups is 1. The van der Waals surface area contributed by atoms with Gasteiger partial charge in [0.25, 0.3) is 5.91 Å². The average molecular weight is 372 g/mol. The Morgan fingerprint density at radius 1 is 1.15 bits per heavy atom. The maximum Gasteiger partial charge on any atom is 0.251 e. The SMILES string of the molecule is O=C(NCC1(N2CCOCC2)CCCC1)c1ccc([C@H]2CCCNC2)cc1. The number of nitrogens with zero attached hydrogens (tertiary/aromatic N) is 1. The number of rotatable bonds is 5. The van der Waals surface area contributed by atoms with Gasteiger partial charge in [-0.05, 0) is 55.8 Å². The van der Waals surface area contributed by atoms with Crippen molar-refractivity contribution in [3.05, 3.63) is 35.4 Å². The number of nitrogens with one attached hydrogen (secondary N) is 2. The fraction of sp³-hybridized carbons (Fsp3) is 0.682. The number of ether oxygens (including phenoxy) is 1. The molecular formula is C22H33N3O2. The first-order valence-electron chi connectivity index (χ1n) is 10.7. The van der Waals surface area contributed by atoms with E-state index in [1.807, 2.05) is 12.1 Å². The van der Waals surface area contributed by atoms with Crippen LogP contribution in [0.4, 0.5) is 0 Å². The van der Waals surface area contributed by atoms with Crippen molar-refractivity contribution in [1.29, 1.82) is 0 Å². The van der Waals surface area contributed by atoms with Gasteiger partial charge >= 0.3 is 0 Å².